The largest absolute Gasteiger partial charge is 0.497 e. The van der Waals surface area contributed by atoms with Crippen molar-refractivity contribution in [1.82, 2.24) is 4.98 Å². The Kier molecular flexibility index (Phi) is 3.66. The summed E-state index contributed by atoms with van der Waals surface area (Å²) >= 11 is 6.03. The van der Waals surface area contributed by atoms with Crippen LogP contribution in [0.3, 0.4) is 0 Å². The summed E-state index contributed by atoms with van der Waals surface area (Å²) in [5.41, 5.74) is 1.23. The Morgan fingerprint density at radius 3 is 2.68 bits per heavy atom. The fraction of sp³-hybridized carbons (Fsp3) is 0.0714. The second-order valence-electron chi connectivity index (χ2n) is 3.71. The standard InChI is InChI=1S/C14H8ClN3O/c1-19-12-2-3-13-10(6-12)5-11(14(15)18-13)4-9(7-16)8-17/h2-6H,1H3. The van der Waals surface area contributed by atoms with Gasteiger partial charge in [-0.1, -0.05) is 11.6 Å². The number of benzene rings is 1. The van der Waals surface area contributed by atoms with E-state index >= 15 is 0 Å². The Hall–Kier alpha value is -2.56. The first kappa shape index (κ1) is 12.9. The highest BCUT2D eigenvalue weighted by Gasteiger charge is 2.05. The average Bonchev–Trinajstić information content (AvgIpc) is 2.44. The third kappa shape index (κ3) is 2.65. The number of nitriles is 2. The zero-order chi connectivity index (χ0) is 13.8. The summed E-state index contributed by atoms with van der Waals surface area (Å²) in [5, 5.41) is 18.6. The summed E-state index contributed by atoms with van der Waals surface area (Å²) in [6, 6.07) is 10.7. The summed E-state index contributed by atoms with van der Waals surface area (Å²) in [6.45, 7) is 0. The van der Waals surface area contributed by atoms with Crippen LogP contribution in [-0.2, 0) is 0 Å². The number of ether oxygens (including phenoxy) is 1. The number of fused-ring (bicyclic) bond motifs is 1. The van der Waals surface area contributed by atoms with E-state index in [0.29, 0.717) is 11.3 Å². The van der Waals surface area contributed by atoms with Crippen LogP contribution in [-0.4, -0.2) is 12.1 Å². The van der Waals surface area contributed by atoms with Crippen molar-refractivity contribution >= 4 is 28.6 Å². The topological polar surface area (TPSA) is 69.7 Å². The van der Waals surface area contributed by atoms with Gasteiger partial charge in [0.2, 0.25) is 0 Å². The lowest BCUT2D eigenvalue weighted by Crippen LogP contribution is -1.88. The summed E-state index contributed by atoms with van der Waals surface area (Å²) in [4.78, 5) is 4.22. The lowest BCUT2D eigenvalue weighted by atomic mass is 10.1. The van der Waals surface area contributed by atoms with Crippen LogP contribution < -0.4 is 4.74 Å². The van der Waals surface area contributed by atoms with E-state index < -0.39 is 0 Å². The number of pyridine rings is 1. The van der Waals surface area contributed by atoms with Gasteiger partial charge in [0.1, 0.15) is 28.6 Å². The van der Waals surface area contributed by atoms with Crippen LogP contribution in [0.5, 0.6) is 5.75 Å². The predicted molar refractivity (Wildman–Crippen MR) is 72.5 cm³/mol. The van der Waals surface area contributed by atoms with Crippen molar-refractivity contribution < 1.29 is 4.74 Å². The minimum Gasteiger partial charge on any atom is -0.497 e. The third-order valence-electron chi connectivity index (χ3n) is 2.54. The van der Waals surface area contributed by atoms with E-state index in [2.05, 4.69) is 4.98 Å². The van der Waals surface area contributed by atoms with Gasteiger partial charge in [-0.05, 0) is 30.3 Å². The van der Waals surface area contributed by atoms with Crippen molar-refractivity contribution in [3.63, 3.8) is 0 Å². The number of halogens is 1. The molecule has 2 rings (SSSR count). The molecule has 0 aliphatic heterocycles. The number of methoxy groups -OCH3 is 1. The highest BCUT2D eigenvalue weighted by atomic mass is 35.5. The van der Waals surface area contributed by atoms with Crippen molar-refractivity contribution in [2.45, 2.75) is 0 Å². The Morgan fingerprint density at radius 1 is 1.32 bits per heavy atom. The van der Waals surface area contributed by atoms with E-state index in [0.717, 1.165) is 10.9 Å². The normalized spacial score (nSPS) is 9.47. The van der Waals surface area contributed by atoms with E-state index in [1.165, 1.54) is 6.08 Å². The molecule has 19 heavy (non-hydrogen) atoms. The minimum atomic E-state index is -0.0223. The van der Waals surface area contributed by atoms with Gasteiger partial charge in [0.25, 0.3) is 0 Å². The van der Waals surface area contributed by atoms with Gasteiger partial charge < -0.3 is 4.74 Å². The highest BCUT2D eigenvalue weighted by molar-refractivity contribution is 6.31. The van der Waals surface area contributed by atoms with Gasteiger partial charge in [-0.25, -0.2) is 4.98 Å². The quantitative estimate of drug-likeness (QED) is 0.619. The van der Waals surface area contributed by atoms with Crippen LogP contribution in [0, 0.1) is 22.7 Å². The molecule has 0 spiro atoms. The first-order valence-corrected chi connectivity index (χ1v) is 5.72. The zero-order valence-corrected chi connectivity index (χ0v) is 10.8. The van der Waals surface area contributed by atoms with Gasteiger partial charge in [0.15, 0.2) is 0 Å². The molecule has 0 amide bonds. The Morgan fingerprint density at radius 2 is 2.05 bits per heavy atom. The Balaban J connectivity index is 2.64. The maximum absolute atomic E-state index is 8.75. The molecule has 92 valence electrons. The molecular formula is C14H8ClN3O. The van der Waals surface area contributed by atoms with Gasteiger partial charge in [0, 0.05) is 10.9 Å². The third-order valence-corrected chi connectivity index (χ3v) is 2.85. The molecule has 0 aliphatic rings. The fourth-order valence-electron chi connectivity index (χ4n) is 1.62. The maximum atomic E-state index is 8.75. The summed E-state index contributed by atoms with van der Waals surface area (Å²) in [7, 11) is 1.58. The van der Waals surface area contributed by atoms with E-state index in [1.54, 1.807) is 37.4 Å². The van der Waals surface area contributed by atoms with Crippen LogP contribution in [0.2, 0.25) is 5.15 Å². The molecule has 5 heteroatoms. The average molecular weight is 270 g/mol. The van der Waals surface area contributed by atoms with E-state index in [-0.39, 0.29) is 10.7 Å². The van der Waals surface area contributed by atoms with Crippen LogP contribution in [0.4, 0.5) is 0 Å². The maximum Gasteiger partial charge on any atom is 0.137 e. The van der Waals surface area contributed by atoms with Gasteiger partial charge >= 0.3 is 0 Å². The number of hydrogen-bond donors (Lipinski definition) is 0. The SMILES string of the molecule is COc1ccc2nc(Cl)c(C=C(C#N)C#N)cc2c1. The van der Waals surface area contributed by atoms with Gasteiger partial charge in [0.05, 0.1) is 12.6 Å². The fourth-order valence-corrected chi connectivity index (χ4v) is 1.82. The Labute approximate surface area is 115 Å². The van der Waals surface area contributed by atoms with Crippen LogP contribution in [0.25, 0.3) is 17.0 Å². The van der Waals surface area contributed by atoms with Crippen molar-refractivity contribution in [2.75, 3.05) is 7.11 Å². The molecule has 0 aliphatic carbocycles. The first-order chi connectivity index (χ1) is 9.17. The molecule has 0 N–H and O–H groups in total. The van der Waals surface area contributed by atoms with Crippen LogP contribution >= 0.6 is 11.6 Å². The minimum absolute atomic E-state index is 0.0223. The van der Waals surface area contributed by atoms with Crippen molar-refractivity contribution in [2.24, 2.45) is 0 Å². The molecule has 0 unspecified atom stereocenters. The molecule has 0 bridgehead atoms. The lowest BCUT2D eigenvalue weighted by molar-refractivity contribution is 0.415. The highest BCUT2D eigenvalue weighted by Crippen LogP contribution is 2.25. The zero-order valence-electron chi connectivity index (χ0n) is 10.0. The van der Waals surface area contributed by atoms with Crippen molar-refractivity contribution in [1.29, 1.82) is 10.5 Å². The number of hydrogen-bond acceptors (Lipinski definition) is 4. The summed E-state index contributed by atoms with van der Waals surface area (Å²) in [6.07, 6.45) is 1.41. The van der Waals surface area contributed by atoms with E-state index in [9.17, 15) is 0 Å². The summed E-state index contributed by atoms with van der Waals surface area (Å²) < 4.78 is 5.13. The molecule has 0 saturated carbocycles. The van der Waals surface area contributed by atoms with Gasteiger partial charge in [-0.2, -0.15) is 10.5 Å². The number of nitrogens with zero attached hydrogens (tertiary/aromatic N) is 3. The molecule has 0 fully saturated rings. The molecule has 0 atom stereocenters. The van der Waals surface area contributed by atoms with Gasteiger partial charge in [-0.15, -0.1) is 0 Å². The lowest BCUT2D eigenvalue weighted by Gasteiger charge is -2.04. The van der Waals surface area contributed by atoms with E-state index in [1.807, 2.05) is 6.07 Å². The first-order valence-electron chi connectivity index (χ1n) is 5.34. The predicted octanol–water partition coefficient (Wildman–Crippen LogP) is 3.33. The van der Waals surface area contributed by atoms with Crippen molar-refractivity contribution in [3.05, 3.63) is 40.6 Å². The number of aromatic nitrogens is 1. The second-order valence-corrected chi connectivity index (χ2v) is 4.07. The van der Waals surface area contributed by atoms with Gasteiger partial charge in [-0.3, -0.25) is 0 Å². The molecule has 1 aromatic carbocycles. The molecule has 0 saturated heterocycles. The van der Waals surface area contributed by atoms with Crippen LogP contribution in [0.1, 0.15) is 5.56 Å². The molecule has 2 aromatic rings. The summed E-state index contributed by atoms with van der Waals surface area (Å²) in [5.74, 6) is 0.701. The molecule has 1 heterocycles. The monoisotopic (exact) mass is 269 g/mol. The van der Waals surface area contributed by atoms with Crippen LogP contribution in [0.15, 0.2) is 29.8 Å². The molecule has 4 nitrogen and oxygen atoms in total. The van der Waals surface area contributed by atoms with E-state index in [4.69, 9.17) is 26.9 Å². The molecule has 0 radical (unpaired) electrons. The smallest absolute Gasteiger partial charge is 0.137 e. The molecular weight excluding hydrogens is 262 g/mol. The Bertz CT molecular complexity index is 738. The number of allylic oxidation sites excluding steroid dienone is 1. The van der Waals surface area contributed by atoms with Crippen molar-refractivity contribution in [3.8, 4) is 17.9 Å². The molecule has 1 aromatic heterocycles. The number of rotatable bonds is 2. The second kappa shape index (κ2) is 5.39.